The van der Waals surface area contributed by atoms with Crippen LogP contribution in [0.2, 0.25) is 0 Å². The third kappa shape index (κ3) is 3.30. The highest BCUT2D eigenvalue weighted by Crippen LogP contribution is 2.22. The first-order valence-corrected chi connectivity index (χ1v) is 7.05. The number of rotatable bonds is 5. The summed E-state index contributed by atoms with van der Waals surface area (Å²) in [6.07, 6.45) is 1.05. The number of ketones is 1. The van der Waals surface area contributed by atoms with E-state index in [9.17, 15) is 9.18 Å². The summed E-state index contributed by atoms with van der Waals surface area (Å²) < 4.78 is 18.5. The summed E-state index contributed by atoms with van der Waals surface area (Å²) in [7, 11) is 1.40. The minimum atomic E-state index is -0.528. The van der Waals surface area contributed by atoms with E-state index in [4.69, 9.17) is 4.74 Å². The molecular weight excluding hydrogens is 267 g/mol. The molecule has 0 aliphatic heterocycles. The Kier molecular flexibility index (Phi) is 4.73. The molecule has 0 spiro atoms. The molecule has 1 atom stereocenters. The van der Waals surface area contributed by atoms with E-state index in [0.29, 0.717) is 17.0 Å². The molecule has 0 saturated heterocycles. The van der Waals surface area contributed by atoms with Crippen LogP contribution in [0.4, 0.5) is 4.39 Å². The number of hydrogen-bond donors (Lipinski definition) is 0. The third-order valence-electron chi connectivity index (χ3n) is 3.77. The molecule has 2 aromatic carbocycles. The monoisotopic (exact) mass is 286 g/mol. The van der Waals surface area contributed by atoms with E-state index in [1.807, 2.05) is 12.1 Å². The molecule has 0 saturated carbocycles. The van der Waals surface area contributed by atoms with E-state index in [2.05, 4.69) is 13.8 Å². The van der Waals surface area contributed by atoms with Gasteiger partial charge in [-0.05, 0) is 36.1 Å². The topological polar surface area (TPSA) is 26.3 Å². The predicted octanol–water partition coefficient (Wildman–Crippen LogP) is 4.58. The van der Waals surface area contributed by atoms with Crippen molar-refractivity contribution in [3.63, 3.8) is 0 Å². The molecule has 0 radical (unpaired) electrons. The first kappa shape index (κ1) is 15.2. The van der Waals surface area contributed by atoms with Crippen molar-refractivity contribution in [2.75, 3.05) is 7.11 Å². The van der Waals surface area contributed by atoms with E-state index in [1.165, 1.54) is 24.8 Å². The van der Waals surface area contributed by atoms with Gasteiger partial charge in [0.05, 0.1) is 7.11 Å². The largest absolute Gasteiger partial charge is 0.494 e. The maximum absolute atomic E-state index is 13.7. The van der Waals surface area contributed by atoms with E-state index < -0.39 is 5.82 Å². The van der Waals surface area contributed by atoms with Gasteiger partial charge in [0.2, 0.25) is 0 Å². The molecule has 2 nitrogen and oxygen atoms in total. The summed E-state index contributed by atoms with van der Waals surface area (Å²) in [6, 6.07) is 11.8. The van der Waals surface area contributed by atoms with E-state index in [0.717, 1.165) is 6.42 Å². The van der Waals surface area contributed by atoms with Gasteiger partial charge in [-0.15, -0.1) is 0 Å². The van der Waals surface area contributed by atoms with Crippen LogP contribution in [-0.2, 0) is 0 Å². The van der Waals surface area contributed by atoms with Crippen molar-refractivity contribution in [1.82, 2.24) is 0 Å². The number of benzene rings is 2. The molecule has 2 rings (SSSR count). The highest BCUT2D eigenvalue weighted by atomic mass is 19.1. The number of halogens is 1. The smallest absolute Gasteiger partial charge is 0.193 e. The minimum Gasteiger partial charge on any atom is -0.494 e. The molecule has 0 N–H and O–H groups in total. The molecule has 21 heavy (non-hydrogen) atoms. The van der Waals surface area contributed by atoms with Crippen molar-refractivity contribution in [3.05, 3.63) is 65.0 Å². The van der Waals surface area contributed by atoms with Crippen LogP contribution < -0.4 is 4.74 Å². The van der Waals surface area contributed by atoms with E-state index >= 15 is 0 Å². The van der Waals surface area contributed by atoms with Gasteiger partial charge in [0.25, 0.3) is 0 Å². The Bertz CT molecular complexity index is 632. The maximum atomic E-state index is 13.7. The average molecular weight is 286 g/mol. The maximum Gasteiger partial charge on any atom is 0.193 e. The van der Waals surface area contributed by atoms with Crippen LogP contribution in [0.25, 0.3) is 0 Å². The van der Waals surface area contributed by atoms with Crippen LogP contribution in [0, 0.1) is 5.82 Å². The first-order valence-electron chi connectivity index (χ1n) is 7.05. The van der Waals surface area contributed by atoms with Gasteiger partial charge in [-0.2, -0.15) is 0 Å². The van der Waals surface area contributed by atoms with Crippen molar-refractivity contribution in [2.24, 2.45) is 0 Å². The van der Waals surface area contributed by atoms with Crippen LogP contribution >= 0.6 is 0 Å². The molecule has 0 fully saturated rings. The summed E-state index contributed by atoms with van der Waals surface area (Å²) in [6.45, 7) is 4.28. The van der Waals surface area contributed by atoms with Crippen LogP contribution in [-0.4, -0.2) is 12.9 Å². The van der Waals surface area contributed by atoms with Gasteiger partial charge >= 0.3 is 0 Å². The number of hydrogen-bond acceptors (Lipinski definition) is 2. The highest BCUT2D eigenvalue weighted by molar-refractivity contribution is 6.09. The first-order chi connectivity index (χ1) is 10.1. The Hall–Kier alpha value is -2.16. The Morgan fingerprint density at radius 2 is 1.76 bits per heavy atom. The number of methoxy groups -OCH3 is 1. The summed E-state index contributed by atoms with van der Waals surface area (Å²) in [5.74, 6) is -0.113. The molecule has 110 valence electrons. The summed E-state index contributed by atoms with van der Waals surface area (Å²) in [4.78, 5) is 12.3. The Morgan fingerprint density at radius 1 is 1.14 bits per heavy atom. The van der Waals surface area contributed by atoms with Gasteiger partial charge in [-0.25, -0.2) is 4.39 Å². The lowest BCUT2D eigenvalue weighted by atomic mass is 9.95. The van der Waals surface area contributed by atoms with Crippen molar-refractivity contribution >= 4 is 5.78 Å². The van der Waals surface area contributed by atoms with Gasteiger partial charge in [-0.1, -0.05) is 38.1 Å². The molecule has 2 aromatic rings. The van der Waals surface area contributed by atoms with Crippen molar-refractivity contribution in [2.45, 2.75) is 26.2 Å². The van der Waals surface area contributed by atoms with Crippen LogP contribution in [0.5, 0.6) is 5.75 Å². The normalized spacial score (nSPS) is 12.0. The Morgan fingerprint density at radius 3 is 2.29 bits per heavy atom. The SMILES string of the molecule is CCC(C)c1ccc(C(=O)c2ccc(OC)c(F)c2)cc1. The fourth-order valence-corrected chi connectivity index (χ4v) is 2.17. The molecule has 0 aromatic heterocycles. The standard InChI is InChI=1S/C18H19FO2/c1-4-12(2)13-5-7-14(8-6-13)18(20)15-9-10-17(21-3)16(19)11-15/h5-12H,4H2,1-3H3. The zero-order valence-corrected chi connectivity index (χ0v) is 12.5. The van der Waals surface area contributed by atoms with Crippen LogP contribution in [0.1, 0.15) is 47.7 Å². The van der Waals surface area contributed by atoms with Crippen molar-refractivity contribution in [1.29, 1.82) is 0 Å². The minimum absolute atomic E-state index is 0.138. The van der Waals surface area contributed by atoms with Gasteiger partial charge in [0.15, 0.2) is 17.3 Å². The number of carbonyl (C=O) groups excluding carboxylic acids is 1. The lowest BCUT2D eigenvalue weighted by molar-refractivity contribution is 0.103. The Labute approximate surface area is 124 Å². The zero-order chi connectivity index (χ0) is 15.4. The molecule has 0 heterocycles. The molecule has 0 amide bonds. The Balaban J connectivity index is 2.25. The molecule has 0 aliphatic carbocycles. The van der Waals surface area contributed by atoms with Crippen LogP contribution in [0.3, 0.4) is 0 Å². The number of carbonyl (C=O) groups is 1. The molecule has 1 unspecified atom stereocenters. The van der Waals surface area contributed by atoms with Gasteiger partial charge in [-0.3, -0.25) is 4.79 Å². The average Bonchev–Trinajstić information content (AvgIpc) is 2.53. The second-order valence-corrected chi connectivity index (χ2v) is 5.11. The van der Waals surface area contributed by atoms with Gasteiger partial charge in [0, 0.05) is 11.1 Å². The molecular formula is C18H19FO2. The zero-order valence-electron chi connectivity index (χ0n) is 12.5. The third-order valence-corrected chi connectivity index (χ3v) is 3.77. The summed E-state index contributed by atoms with van der Waals surface area (Å²) >= 11 is 0. The van der Waals surface area contributed by atoms with Gasteiger partial charge in [0.1, 0.15) is 0 Å². The second-order valence-electron chi connectivity index (χ2n) is 5.11. The van der Waals surface area contributed by atoms with Gasteiger partial charge < -0.3 is 4.74 Å². The summed E-state index contributed by atoms with van der Waals surface area (Å²) in [5.41, 5.74) is 2.09. The molecule has 3 heteroatoms. The molecule has 0 aliphatic rings. The van der Waals surface area contributed by atoms with Crippen molar-refractivity contribution in [3.8, 4) is 5.75 Å². The highest BCUT2D eigenvalue weighted by Gasteiger charge is 2.13. The lowest BCUT2D eigenvalue weighted by Gasteiger charge is -2.10. The van der Waals surface area contributed by atoms with E-state index in [-0.39, 0.29) is 11.5 Å². The fraction of sp³-hybridized carbons (Fsp3) is 0.278. The molecule has 0 bridgehead atoms. The number of ether oxygens (including phenoxy) is 1. The second kappa shape index (κ2) is 6.53. The lowest BCUT2D eigenvalue weighted by Crippen LogP contribution is -2.03. The van der Waals surface area contributed by atoms with Crippen LogP contribution in [0.15, 0.2) is 42.5 Å². The summed E-state index contributed by atoms with van der Waals surface area (Å²) in [5, 5.41) is 0. The quantitative estimate of drug-likeness (QED) is 0.752. The van der Waals surface area contributed by atoms with E-state index in [1.54, 1.807) is 18.2 Å². The fourth-order valence-electron chi connectivity index (χ4n) is 2.17. The predicted molar refractivity (Wildman–Crippen MR) is 81.5 cm³/mol. The van der Waals surface area contributed by atoms with Crippen molar-refractivity contribution < 1.29 is 13.9 Å².